The molecule has 1 aliphatic rings. The number of imidazole rings is 1. The van der Waals surface area contributed by atoms with Crippen LogP contribution in [0.3, 0.4) is 0 Å². The van der Waals surface area contributed by atoms with Crippen molar-refractivity contribution in [3.8, 4) is 16.9 Å². The number of aromatic nitrogens is 4. The molecule has 0 spiro atoms. The van der Waals surface area contributed by atoms with Gasteiger partial charge in [0.05, 0.1) is 41.8 Å². The van der Waals surface area contributed by atoms with E-state index < -0.39 is 12.1 Å². The Morgan fingerprint density at radius 3 is 2.53 bits per heavy atom. The third-order valence-electron chi connectivity index (χ3n) is 6.04. The fourth-order valence-electron chi connectivity index (χ4n) is 4.34. The number of ether oxygens (including phenoxy) is 1. The maximum atomic E-state index is 13.5. The number of carbonyl (C=O) groups is 2. The maximum Gasteiger partial charge on any atom is 0.407 e. The molecule has 0 radical (unpaired) electrons. The summed E-state index contributed by atoms with van der Waals surface area (Å²) in [6.07, 6.45) is 2.78. The summed E-state index contributed by atoms with van der Waals surface area (Å²) in [5.74, 6) is -0.409. The lowest BCUT2D eigenvalue weighted by Crippen LogP contribution is -2.31. The smallest absolute Gasteiger partial charge is 0.407 e. The van der Waals surface area contributed by atoms with Crippen molar-refractivity contribution in [3.63, 3.8) is 0 Å². The first-order valence-corrected chi connectivity index (χ1v) is 10.7. The molecule has 1 aromatic carbocycles. The van der Waals surface area contributed by atoms with Crippen molar-refractivity contribution < 1.29 is 19.4 Å². The number of amides is 1. The summed E-state index contributed by atoms with van der Waals surface area (Å²) < 4.78 is 7.85. The predicted molar refractivity (Wildman–Crippen MR) is 123 cm³/mol. The predicted octanol–water partition coefficient (Wildman–Crippen LogP) is 2.96. The third kappa shape index (κ3) is 3.58. The van der Waals surface area contributed by atoms with Crippen LogP contribution in [-0.4, -0.2) is 61.4 Å². The van der Waals surface area contributed by atoms with Gasteiger partial charge in [-0.05, 0) is 42.8 Å². The number of rotatable bonds is 4. The number of fused-ring (bicyclic) bond motifs is 1. The highest BCUT2D eigenvalue weighted by Gasteiger charge is 2.31. The minimum atomic E-state index is -0.994. The molecule has 0 bridgehead atoms. The lowest BCUT2D eigenvalue weighted by Gasteiger charge is -2.13. The van der Waals surface area contributed by atoms with Crippen molar-refractivity contribution in [2.24, 2.45) is 0 Å². The van der Waals surface area contributed by atoms with Crippen LogP contribution in [0.5, 0.6) is 0 Å². The molecule has 3 aromatic heterocycles. The molecular formula is C24H21N5O5. The van der Waals surface area contributed by atoms with Crippen LogP contribution in [0.2, 0.25) is 0 Å². The van der Waals surface area contributed by atoms with E-state index in [1.54, 1.807) is 64.0 Å². The zero-order valence-electron chi connectivity index (χ0n) is 18.3. The molecule has 34 heavy (non-hydrogen) atoms. The van der Waals surface area contributed by atoms with E-state index >= 15 is 0 Å². The first-order chi connectivity index (χ1) is 16.5. The molecule has 5 rings (SSSR count). The number of benzene rings is 1. The van der Waals surface area contributed by atoms with Crippen molar-refractivity contribution >= 4 is 23.2 Å². The molecular weight excluding hydrogens is 438 g/mol. The minimum Gasteiger partial charge on any atom is -0.465 e. The van der Waals surface area contributed by atoms with Crippen molar-refractivity contribution in [2.75, 3.05) is 20.2 Å². The number of carbonyl (C=O) groups excluding carboxylic acids is 1. The van der Waals surface area contributed by atoms with E-state index in [1.807, 2.05) is 6.07 Å². The van der Waals surface area contributed by atoms with Gasteiger partial charge in [-0.3, -0.25) is 14.1 Å². The molecule has 1 unspecified atom stereocenters. The number of pyridine rings is 2. The number of hydrogen-bond acceptors (Lipinski definition) is 6. The first-order valence-electron chi connectivity index (χ1n) is 10.7. The molecule has 0 saturated carbocycles. The second-order valence-corrected chi connectivity index (χ2v) is 7.98. The lowest BCUT2D eigenvalue weighted by molar-refractivity contribution is 0.0600. The van der Waals surface area contributed by atoms with Crippen LogP contribution in [0, 0.1) is 0 Å². The molecule has 4 heterocycles. The van der Waals surface area contributed by atoms with Crippen molar-refractivity contribution in [3.05, 3.63) is 77.0 Å². The Morgan fingerprint density at radius 2 is 1.88 bits per heavy atom. The monoisotopic (exact) mass is 459 g/mol. The molecule has 1 N–H and O–H groups in total. The van der Waals surface area contributed by atoms with Crippen LogP contribution in [0.25, 0.3) is 28.1 Å². The van der Waals surface area contributed by atoms with Crippen LogP contribution in [0.4, 0.5) is 4.79 Å². The van der Waals surface area contributed by atoms with Crippen molar-refractivity contribution in [2.45, 2.75) is 12.5 Å². The van der Waals surface area contributed by atoms with Gasteiger partial charge in [0.15, 0.2) is 5.65 Å². The minimum absolute atomic E-state index is 0.240. The number of nitrogens with zero attached hydrogens (tertiary/aromatic N) is 5. The lowest BCUT2D eigenvalue weighted by atomic mass is 10.1. The van der Waals surface area contributed by atoms with Gasteiger partial charge in [-0.15, -0.1) is 0 Å². The molecule has 1 atom stereocenters. The van der Waals surface area contributed by atoms with Gasteiger partial charge in [0.1, 0.15) is 0 Å². The molecule has 172 valence electrons. The van der Waals surface area contributed by atoms with Crippen LogP contribution in [0.1, 0.15) is 22.8 Å². The molecule has 1 fully saturated rings. The highest BCUT2D eigenvalue weighted by atomic mass is 16.5. The summed E-state index contributed by atoms with van der Waals surface area (Å²) in [7, 11) is 1.33. The van der Waals surface area contributed by atoms with E-state index in [4.69, 9.17) is 4.74 Å². The zero-order chi connectivity index (χ0) is 23.8. The highest BCUT2D eigenvalue weighted by molar-refractivity contribution is 5.89. The van der Waals surface area contributed by atoms with E-state index in [9.17, 15) is 19.5 Å². The van der Waals surface area contributed by atoms with Gasteiger partial charge >= 0.3 is 17.8 Å². The van der Waals surface area contributed by atoms with E-state index in [-0.39, 0.29) is 18.3 Å². The number of likely N-dealkylation sites (tertiary alicyclic amines) is 1. The quantitative estimate of drug-likeness (QED) is 0.466. The average molecular weight is 459 g/mol. The molecule has 1 amide bonds. The van der Waals surface area contributed by atoms with Gasteiger partial charge in [0, 0.05) is 24.8 Å². The van der Waals surface area contributed by atoms with Crippen LogP contribution in [0.15, 0.2) is 65.7 Å². The summed E-state index contributed by atoms with van der Waals surface area (Å²) >= 11 is 0. The van der Waals surface area contributed by atoms with Crippen LogP contribution >= 0.6 is 0 Å². The van der Waals surface area contributed by atoms with E-state index in [1.165, 1.54) is 12.0 Å². The fraction of sp³-hybridized carbons (Fsp3) is 0.208. The van der Waals surface area contributed by atoms with Crippen LogP contribution in [-0.2, 0) is 4.74 Å². The summed E-state index contributed by atoms with van der Waals surface area (Å²) in [5, 5.41) is 9.31. The van der Waals surface area contributed by atoms with Gasteiger partial charge in [0.25, 0.3) is 0 Å². The van der Waals surface area contributed by atoms with E-state index in [0.717, 1.165) is 5.56 Å². The highest BCUT2D eigenvalue weighted by Crippen LogP contribution is 2.26. The van der Waals surface area contributed by atoms with Crippen LogP contribution < -0.4 is 5.69 Å². The summed E-state index contributed by atoms with van der Waals surface area (Å²) in [6, 6.07) is 13.8. The molecule has 0 aliphatic carbocycles. The molecule has 10 heteroatoms. The summed E-state index contributed by atoms with van der Waals surface area (Å²) in [4.78, 5) is 46.7. The SMILES string of the molecule is COC(=O)c1ccc(-c2ccc(-n3c(=O)n(C4CCN(C(=O)O)C4)c4ncccc43)cn2)cc1. The van der Waals surface area contributed by atoms with Crippen molar-refractivity contribution in [1.82, 2.24) is 24.0 Å². The molecule has 1 aliphatic heterocycles. The van der Waals surface area contributed by atoms with Crippen molar-refractivity contribution in [1.29, 1.82) is 0 Å². The number of esters is 1. The average Bonchev–Trinajstić information content (AvgIpc) is 3.46. The van der Waals surface area contributed by atoms with Gasteiger partial charge in [-0.2, -0.15) is 0 Å². The van der Waals surface area contributed by atoms with Gasteiger partial charge < -0.3 is 14.7 Å². The summed E-state index contributed by atoms with van der Waals surface area (Å²) in [6.45, 7) is 0.612. The Kier molecular flexibility index (Phi) is 5.33. The topological polar surface area (TPSA) is 120 Å². The largest absolute Gasteiger partial charge is 0.465 e. The molecule has 1 saturated heterocycles. The zero-order valence-corrected chi connectivity index (χ0v) is 18.3. The first kappa shape index (κ1) is 21.4. The maximum absolute atomic E-state index is 13.5. The normalized spacial score (nSPS) is 15.6. The second kappa shape index (κ2) is 8.47. The fourth-order valence-corrected chi connectivity index (χ4v) is 4.34. The Morgan fingerprint density at radius 1 is 1.09 bits per heavy atom. The Labute approximate surface area is 193 Å². The number of carboxylic acid groups (broad SMARTS) is 1. The molecule has 10 nitrogen and oxygen atoms in total. The van der Waals surface area contributed by atoms with Gasteiger partial charge in [0.2, 0.25) is 0 Å². The summed E-state index contributed by atoms with van der Waals surface area (Å²) in [5.41, 5.74) is 3.36. The third-order valence-corrected chi connectivity index (χ3v) is 6.04. The molecule has 4 aromatic rings. The number of methoxy groups -OCH3 is 1. The standard InChI is InChI=1S/C24H21N5O5/c1-34-22(30)16-6-4-15(5-7-16)19-9-8-17(13-26-19)28-20-3-2-11-25-21(20)29(23(28)31)18-10-12-27(14-18)24(32)33/h2-9,11,13,18H,10,12,14H2,1H3,(H,32,33). The Bertz CT molecular complexity index is 1440. The second-order valence-electron chi connectivity index (χ2n) is 7.98. The Hall–Kier alpha value is -4.47. The Balaban J connectivity index is 1.52. The number of hydrogen-bond donors (Lipinski definition) is 1. The van der Waals surface area contributed by atoms with E-state index in [2.05, 4.69) is 9.97 Å². The van der Waals surface area contributed by atoms with Gasteiger partial charge in [-0.1, -0.05) is 12.1 Å². The van der Waals surface area contributed by atoms with Gasteiger partial charge in [-0.25, -0.2) is 19.4 Å². The van der Waals surface area contributed by atoms with E-state index in [0.29, 0.717) is 41.1 Å².